The summed E-state index contributed by atoms with van der Waals surface area (Å²) in [6, 6.07) is 5.77. The maximum absolute atomic E-state index is 10.8. The normalized spacial score (nSPS) is 10.7. The van der Waals surface area contributed by atoms with E-state index in [2.05, 4.69) is 0 Å². The van der Waals surface area contributed by atoms with Gasteiger partial charge >= 0.3 is 5.97 Å². The SMILES string of the molecule is CCc1ccc(OCCN(C)C)c(CC(=O)O)c1. The van der Waals surface area contributed by atoms with Gasteiger partial charge in [-0.05, 0) is 32.1 Å². The summed E-state index contributed by atoms with van der Waals surface area (Å²) in [6.07, 6.45) is 0.899. The summed E-state index contributed by atoms with van der Waals surface area (Å²) in [5.74, 6) is -0.155. The van der Waals surface area contributed by atoms with Crippen LogP contribution < -0.4 is 4.74 Å². The summed E-state index contributed by atoms with van der Waals surface area (Å²) >= 11 is 0. The Balaban J connectivity index is 2.78. The quantitative estimate of drug-likeness (QED) is 0.803. The van der Waals surface area contributed by atoms with Gasteiger partial charge in [0.15, 0.2) is 0 Å². The zero-order valence-electron chi connectivity index (χ0n) is 11.3. The van der Waals surface area contributed by atoms with Crippen LogP contribution in [0.4, 0.5) is 0 Å². The molecular formula is C14H21NO3. The number of aryl methyl sites for hydroxylation is 1. The van der Waals surface area contributed by atoms with Crippen molar-refractivity contribution in [1.29, 1.82) is 0 Å². The lowest BCUT2D eigenvalue weighted by Gasteiger charge is -2.14. The Morgan fingerprint density at radius 3 is 2.67 bits per heavy atom. The molecule has 0 bridgehead atoms. The van der Waals surface area contributed by atoms with E-state index in [9.17, 15) is 4.79 Å². The van der Waals surface area contributed by atoms with Gasteiger partial charge in [-0.1, -0.05) is 19.1 Å². The molecule has 0 spiro atoms. The molecule has 0 atom stereocenters. The lowest BCUT2D eigenvalue weighted by atomic mass is 10.1. The number of hydrogen-bond acceptors (Lipinski definition) is 3. The number of carbonyl (C=O) groups is 1. The Hall–Kier alpha value is -1.55. The van der Waals surface area contributed by atoms with Crippen molar-refractivity contribution < 1.29 is 14.6 Å². The largest absolute Gasteiger partial charge is 0.492 e. The van der Waals surface area contributed by atoms with Gasteiger partial charge in [0.05, 0.1) is 6.42 Å². The molecule has 0 aliphatic rings. The summed E-state index contributed by atoms with van der Waals surface area (Å²) in [5.41, 5.74) is 1.88. The van der Waals surface area contributed by atoms with Gasteiger partial charge in [-0.2, -0.15) is 0 Å². The molecule has 1 rings (SSSR count). The minimum absolute atomic E-state index is 0.00510. The first-order chi connectivity index (χ1) is 8.52. The Bertz CT molecular complexity index is 402. The van der Waals surface area contributed by atoms with E-state index in [1.54, 1.807) is 0 Å². The molecule has 0 aliphatic carbocycles. The van der Waals surface area contributed by atoms with Gasteiger partial charge in [0.1, 0.15) is 12.4 Å². The fourth-order valence-electron chi connectivity index (χ4n) is 1.63. The molecule has 100 valence electrons. The molecule has 18 heavy (non-hydrogen) atoms. The van der Waals surface area contributed by atoms with E-state index in [4.69, 9.17) is 9.84 Å². The zero-order chi connectivity index (χ0) is 13.5. The summed E-state index contributed by atoms with van der Waals surface area (Å²) in [4.78, 5) is 12.9. The molecule has 0 amide bonds. The van der Waals surface area contributed by atoms with Gasteiger partial charge in [-0.25, -0.2) is 0 Å². The first-order valence-corrected chi connectivity index (χ1v) is 6.14. The molecule has 1 N–H and O–H groups in total. The summed E-state index contributed by atoms with van der Waals surface area (Å²) in [6.45, 7) is 3.42. The van der Waals surface area contributed by atoms with Gasteiger partial charge in [-0.3, -0.25) is 4.79 Å². The van der Waals surface area contributed by atoms with Crippen molar-refractivity contribution in [3.05, 3.63) is 29.3 Å². The van der Waals surface area contributed by atoms with Crippen LogP contribution in [0.1, 0.15) is 18.1 Å². The maximum Gasteiger partial charge on any atom is 0.307 e. The number of hydrogen-bond donors (Lipinski definition) is 1. The number of benzene rings is 1. The van der Waals surface area contributed by atoms with Crippen LogP contribution in [0.15, 0.2) is 18.2 Å². The number of aliphatic carboxylic acids is 1. The molecule has 0 aliphatic heterocycles. The molecule has 0 saturated carbocycles. The Morgan fingerprint density at radius 2 is 2.11 bits per heavy atom. The van der Waals surface area contributed by atoms with E-state index >= 15 is 0 Å². The highest BCUT2D eigenvalue weighted by Crippen LogP contribution is 2.21. The molecule has 0 aromatic heterocycles. The molecule has 4 nitrogen and oxygen atoms in total. The van der Waals surface area contributed by atoms with Crippen LogP contribution in [0.5, 0.6) is 5.75 Å². The molecule has 0 fully saturated rings. The van der Waals surface area contributed by atoms with Crippen LogP contribution in [0, 0.1) is 0 Å². The van der Waals surface area contributed by atoms with Crippen molar-refractivity contribution in [1.82, 2.24) is 4.90 Å². The molecule has 1 aromatic rings. The Morgan fingerprint density at radius 1 is 1.39 bits per heavy atom. The first kappa shape index (κ1) is 14.5. The van der Waals surface area contributed by atoms with E-state index in [0.29, 0.717) is 12.4 Å². The van der Waals surface area contributed by atoms with Crippen molar-refractivity contribution in [2.45, 2.75) is 19.8 Å². The number of carboxylic acid groups (broad SMARTS) is 1. The summed E-state index contributed by atoms with van der Waals surface area (Å²) in [7, 11) is 3.95. The zero-order valence-corrected chi connectivity index (χ0v) is 11.3. The number of carboxylic acids is 1. The molecule has 1 aromatic carbocycles. The highest BCUT2D eigenvalue weighted by Gasteiger charge is 2.09. The number of ether oxygens (including phenoxy) is 1. The predicted molar refractivity (Wildman–Crippen MR) is 71.2 cm³/mol. The number of likely N-dealkylation sites (N-methyl/N-ethyl adjacent to an activating group) is 1. The minimum Gasteiger partial charge on any atom is -0.492 e. The van der Waals surface area contributed by atoms with Crippen LogP contribution in [0.25, 0.3) is 0 Å². The van der Waals surface area contributed by atoms with E-state index < -0.39 is 5.97 Å². The first-order valence-electron chi connectivity index (χ1n) is 6.14. The third-order valence-electron chi connectivity index (χ3n) is 2.67. The van der Waals surface area contributed by atoms with Crippen molar-refractivity contribution >= 4 is 5.97 Å². The smallest absolute Gasteiger partial charge is 0.307 e. The molecule has 4 heteroatoms. The molecule has 0 heterocycles. The van der Waals surface area contributed by atoms with Crippen LogP contribution >= 0.6 is 0 Å². The van der Waals surface area contributed by atoms with Gasteiger partial charge in [-0.15, -0.1) is 0 Å². The fraction of sp³-hybridized carbons (Fsp3) is 0.500. The van der Waals surface area contributed by atoms with Crippen LogP contribution in [0.3, 0.4) is 0 Å². The van der Waals surface area contributed by atoms with Gasteiger partial charge in [0, 0.05) is 12.1 Å². The average molecular weight is 251 g/mol. The van der Waals surface area contributed by atoms with Crippen molar-refractivity contribution in [3.63, 3.8) is 0 Å². The van der Waals surface area contributed by atoms with Crippen molar-refractivity contribution in [2.24, 2.45) is 0 Å². The Labute approximate surface area is 108 Å². The standard InChI is InChI=1S/C14H21NO3/c1-4-11-5-6-13(18-8-7-15(2)3)12(9-11)10-14(16)17/h5-6,9H,4,7-8,10H2,1-3H3,(H,16,17). The van der Waals surface area contributed by atoms with E-state index in [1.807, 2.05) is 44.1 Å². The maximum atomic E-state index is 10.8. The van der Waals surface area contributed by atoms with Crippen molar-refractivity contribution in [2.75, 3.05) is 27.2 Å². The van der Waals surface area contributed by atoms with Crippen LogP contribution in [-0.4, -0.2) is 43.2 Å². The highest BCUT2D eigenvalue weighted by molar-refractivity contribution is 5.71. The Kier molecular flexibility index (Phi) is 5.65. The van der Waals surface area contributed by atoms with E-state index in [-0.39, 0.29) is 6.42 Å². The van der Waals surface area contributed by atoms with Gasteiger partial charge in [0.25, 0.3) is 0 Å². The second-order valence-electron chi connectivity index (χ2n) is 4.52. The third-order valence-corrected chi connectivity index (χ3v) is 2.67. The topological polar surface area (TPSA) is 49.8 Å². The highest BCUT2D eigenvalue weighted by atomic mass is 16.5. The van der Waals surface area contributed by atoms with Gasteiger partial charge < -0.3 is 14.7 Å². The van der Waals surface area contributed by atoms with Crippen LogP contribution in [0.2, 0.25) is 0 Å². The second-order valence-corrected chi connectivity index (χ2v) is 4.52. The molecule has 0 saturated heterocycles. The monoisotopic (exact) mass is 251 g/mol. The third kappa shape index (κ3) is 4.75. The number of nitrogens with zero attached hydrogens (tertiary/aromatic N) is 1. The number of rotatable bonds is 7. The predicted octanol–water partition coefficient (Wildman–Crippen LogP) is 1.82. The minimum atomic E-state index is -0.833. The lowest BCUT2D eigenvalue weighted by Crippen LogP contribution is -2.20. The molecular weight excluding hydrogens is 230 g/mol. The summed E-state index contributed by atoms with van der Waals surface area (Å²) < 4.78 is 5.64. The average Bonchev–Trinajstić information content (AvgIpc) is 2.29. The van der Waals surface area contributed by atoms with E-state index in [0.717, 1.165) is 24.1 Å². The fourth-order valence-corrected chi connectivity index (χ4v) is 1.63. The lowest BCUT2D eigenvalue weighted by molar-refractivity contribution is -0.136. The molecule has 0 radical (unpaired) electrons. The van der Waals surface area contributed by atoms with Crippen LogP contribution in [-0.2, 0) is 17.6 Å². The van der Waals surface area contributed by atoms with E-state index in [1.165, 1.54) is 0 Å². The molecule has 0 unspecified atom stereocenters. The van der Waals surface area contributed by atoms with Crippen molar-refractivity contribution in [3.8, 4) is 5.75 Å². The van der Waals surface area contributed by atoms with Gasteiger partial charge in [0.2, 0.25) is 0 Å². The second kappa shape index (κ2) is 7.01. The summed E-state index contributed by atoms with van der Waals surface area (Å²) in [5, 5.41) is 8.90.